The van der Waals surface area contributed by atoms with Crippen LogP contribution in [0.4, 0.5) is 4.39 Å². The summed E-state index contributed by atoms with van der Waals surface area (Å²) in [5.74, 6) is 0.0995. The highest BCUT2D eigenvalue weighted by molar-refractivity contribution is 4.93. The molecule has 1 rings (SSSR count). The van der Waals surface area contributed by atoms with Gasteiger partial charge in [0.1, 0.15) is 5.67 Å². The van der Waals surface area contributed by atoms with Crippen molar-refractivity contribution in [2.75, 3.05) is 13.1 Å². The highest BCUT2D eigenvalue weighted by atomic mass is 19.1. The molecule has 0 aromatic carbocycles. The molecule has 11 heavy (non-hydrogen) atoms. The molecule has 0 saturated carbocycles. The molecule has 3 N–H and O–H groups in total. The third kappa shape index (κ3) is 1.71. The third-order valence-electron chi connectivity index (χ3n) is 2.75. The van der Waals surface area contributed by atoms with E-state index in [-0.39, 0.29) is 12.0 Å². The van der Waals surface area contributed by atoms with Gasteiger partial charge in [-0.3, -0.25) is 0 Å². The molecular formula is C8H17FN2. The first kappa shape index (κ1) is 8.94. The van der Waals surface area contributed by atoms with Crippen LogP contribution in [0.5, 0.6) is 0 Å². The van der Waals surface area contributed by atoms with Gasteiger partial charge in [-0.05, 0) is 26.8 Å². The quantitative estimate of drug-likeness (QED) is 0.623. The highest BCUT2D eigenvalue weighted by Crippen LogP contribution is 2.29. The molecule has 0 amide bonds. The summed E-state index contributed by atoms with van der Waals surface area (Å²) in [6, 6.07) is -0.368. The Morgan fingerprint density at radius 3 is 2.73 bits per heavy atom. The van der Waals surface area contributed by atoms with E-state index in [1.165, 1.54) is 0 Å². The Morgan fingerprint density at radius 2 is 2.36 bits per heavy atom. The van der Waals surface area contributed by atoms with Gasteiger partial charge in [0.25, 0.3) is 0 Å². The molecule has 0 radical (unpaired) electrons. The molecule has 2 nitrogen and oxygen atoms in total. The Kier molecular flexibility index (Phi) is 2.50. The van der Waals surface area contributed by atoms with Crippen molar-refractivity contribution in [3.05, 3.63) is 0 Å². The molecular weight excluding hydrogens is 143 g/mol. The van der Waals surface area contributed by atoms with E-state index >= 15 is 0 Å². The van der Waals surface area contributed by atoms with Gasteiger partial charge < -0.3 is 11.1 Å². The van der Waals surface area contributed by atoms with E-state index in [2.05, 4.69) is 5.32 Å². The van der Waals surface area contributed by atoms with Crippen molar-refractivity contribution in [3.63, 3.8) is 0 Å². The summed E-state index contributed by atoms with van der Waals surface area (Å²) in [7, 11) is 0. The van der Waals surface area contributed by atoms with Crippen LogP contribution < -0.4 is 11.1 Å². The summed E-state index contributed by atoms with van der Waals surface area (Å²) in [6.07, 6.45) is 0.911. The second-order valence-electron chi connectivity index (χ2n) is 3.63. The van der Waals surface area contributed by atoms with Gasteiger partial charge in [0.2, 0.25) is 0 Å². The van der Waals surface area contributed by atoms with Crippen molar-refractivity contribution in [1.29, 1.82) is 0 Å². The van der Waals surface area contributed by atoms with Crippen LogP contribution in [-0.2, 0) is 0 Å². The lowest BCUT2D eigenvalue weighted by Crippen LogP contribution is -2.46. The first-order chi connectivity index (χ1) is 5.05. The molecule has 1 fully saturated rings. The van der Waals surface area contributed by atoms with Gasteiger partial charge in [-0.15, -0.1) is 0 Å². The lowest BCUT2D eigenvalue weighted by Gasteiger charge is -2.30. The molecule has 0 bridgehead atoms. The van der Waals surface area contributed by atoms with E-state index in [1.807, 2.05) is 0 Å². The predicted molar refractivity (Wildman–Crippen MR) is 44.1 cm³/mol. The molecule has 1 saturated heterocycles. The third-order valence-corrected chi connectivity index (χ3v) is 2.75. The van der Waals surface area contributed by atoms with Crippen molar-refractivity contribution < 1.29 is 4.39 Å². The highest BCUT2D eigenvalue weighted by Gasteiger charge is 2.39. The van der Waals surface area contributed by atoms with Gasteiger partial charge in [-0.1, -0.05) is 0 Å². The molecule has 3 atom stereocenters. The molecule has 3 heteroatoms. The van der Waals surface area contributed by atoms with Gasteiger partial charge in [0, 0.05) is 18.5 Å². The van der Waals surface area contributed by atoms with E-state index in [0.29, 0.717) is 0 Å². The van der Waals surface area contributed by atoms with Crippen LogP contribution in [-0.4, -0.2) is 24.8 Å². The maximum absolute atomic E-state index is 13.8. The number of hydrogen-bond donors (Lipinski definition) is 2. The minimum absolute atomic E-state index is 0.0995. The smallest absolute Gasteiger partial charge is 0.127 e. The zero-order chi connectivity index (χ0) is 8.48. The SMILES string of the molecule is CC(N)C(C)(F)C1CCNC1. The zero-order valence-corrected chi connectivity index (χ0v) is 7.23. The minimum Gasteiger partial charge on any atom is -0.325 e. The minimum atomic E-state index is -1.20. The normalized spacial score (nSPS) is 33.3. The molecule has 1 heterocycles. The van der Waals surface area contributed by atoms with E-state index in [0.717, 1.165) is 19.5 Å². The van der Waals surface area contributed by atoms with E-state index in [1.54, 1.807) is 13.8 Å². The van der Waals surface area contributed by atoms with Gasteiger partial charge in [0.15, 0.2) is 0 Å². The Morgan fingerprint density at radius 1 is 1.73 bits per heavy atom. The Labute approximate surface area is 67.3 Å². The van der Waals surface area contributed by atoms with Crippen LogP contribution >= 0.6 is 0 Å². The topological polar surface area (TPSA) is 38.0 Å². The van der Waals surface area contributed by atoms with Crippen LogP contribution in [0.1, 0.15) is 20.3 Å². The van der Waals surface area contributed by atoms with Crippen LogP contribution in [0.2, 0.25) is 0 Å². The molecule has 0 aromatic heterocycles. The second kappa shape index (κ2) is 3.07. The van der Waals surface area contributed by atoms with Gasteiger partial charge in [-0.25, -0.2) is 4.39 Å². The maximum atomic E-state index is 13.8. The van der Waals surface area contributed by atoms with Crippen molar-refractivity contribution in [1.82, 2.24) is 5.32 Å². The van der Waals surface area contributed by atoms with Gasteiger partial charge >= 0.3 is 0 Å². The average Bonchev–Trinajstić information content (AvgIpc) is 2.37. The average molecular weight is 160 g/mol. The summed E-state index contributed by atoms with van der Waals surface area (Å²) < 4.78 is 13.8. The summed E-state index contributed by atoms with van der Waals surface area (Å²) in [5, 5.41) is 3.14. The van der Waals surface area contributed by atoms with Crippen molar-refractivity contribution >= 4 is 0 Å². The van der Waals surface area contributed by atoms with E-state index in [4.69, 9.17) is 5.73 Å². The Bertz CT molecular complexity index is 128. The van der Waals surface area contributed by atoms with Crippen LogP contribution in [0.3, 0.4) is 0 Å². The number of rotatable bonds is 2. The molecule has 3 unspecified atom stereocenters. The molecule has 66 valence electrons. The van der Waals surface area contributed by atoms with Crippen molar-refractivity contribution in [2.24, 2.45) is 11.7 Å². The van der Waals surface area contributed by atoms with Crippen LogP contribution in [0.25, 0.3) is 0 Å². The molecule has 0 aromatic rings. The molecule has 0 aliphatic carbocycles. The predicted octanol–water partition coefficient (Wildman–Crippen LogP) is 0.671. The van der Waals surface area contributed by atoms with Gasteiger partial charge in [-0.2, -0.15) is 0 Å². The molecule has 1 aliphatic rings. The lowest BCUT2D eigenvalue weighted by molar-refractivity contribution is 0.0874. The second-order valence-corrected chi connectivity index (χ2v) is 3.63. The van der Waals surface area contributed by atoms with Crippen molar-refractivity contribution in [2.45, 2.75) is 32.0 Å². The van der Waals surface area contributed by atoms with Crippen LogP contribution in [0.15, 0.2) is 0 Å². The van der Waals surface area contributed by atoms with Crippen LogP contribution in [0, 0.1) is 5.92 Å². The largest absolute Gasteiger partial charge is 0.325 e. The molecule has 1 aliphatic heterocycles. The van der Waals surface area contributed by atoms with Crippen molar-refractivity contribution in [3.8, 4) is 0 Å². The standard InChI is InChI=1S/C8H17FN2/c1-6(10)8(2,9)7-3-4-11-5-7/h6-7,11H,3-5,10H2,1-2H3. The summed E-state index contributed by atoms with van der Waals surface area (Å²) in [5.41, 5.74) is 4.34. The van der Waals surface area contributed by atoms with Gasteiger partial charge in [0.05, 0.1) is 0 Å². The monoisotopic (exact) mass is 160 g/mol. The number of nitrogens with two attached hydrogens (primary N) is 1. The first-order valence-corrected chi connectivity index (χ1v) is 4.20. The Balaban J connectivity index is 2.55. The number of hydrogen-bond acceptors (Lipinski definition) is 2. The number of alkyl halides is 1. The van der Waals surface area contributed by atoms with E-state index < -0.39 is 5.67 Å². The fourth-order valence-corrected chi connectivity index (χ4v) is 1.51. The summed E-state index contributed by atoms with van der Waals surface area (Å²) in [6.45, 7) is 5.04. The zero-order valence-electron chi connectivity index (χ0n) is 7.23. The Hall–Kier alpha value is -0.150. The van der Waals surface area contributed by atoms with E-state index in [9.17, 15) is 4.39 Å². The first-order valence-electron chi connectivity index (χ1n) is 4.20. The lowest BCUT2D eigenvalue weighted by atomic mass is 9.85. The maximum Gasteiger partial charge on any atom is 0.127 e. The molecule has 0 spiro atoms. The number of nitrogens with one attached hydrogen (secondary N) is 1. The fraction of sp³-hybridized carbons (Fsp3) is 1.00. The summed E-state index contributed by atoms with van der Waals surface area (Å²) in [4.78, 5) is 0. The summed E-state index contributed by atoms with van der Waals surface area (Å²) >= 11 is 0. The fourth-order valence-electron chi connectivity index (χ4n) is 1.51. The number of halogens is 1.